The minimum absolute atomic E-state index is 0.843. The van der Waals surface area contributed by atoms with E-state index in [1.54, 1.807) is 0 Å². The summed E-state index contributed by atoms with van der Waals surface area (Å²) in [6.07, 6.45) is 3.85. The first kappa shape index (κ1) is 12.3. The second kappa shape index (κ2) is 5.95. The Labute approximate surface area is 94.7 Å². The highest BCUT2D eigenvalue weighted by Crippen LogP contribution is 2.20. The minimum Gasteiger partial charge on any atom is -0.0651 e. The van der Waals surface area contributed by atoms with Crippen molar-refractivity contribution in [3.63, 3.8) is 0 Å². The highest BCUT2D eigenvalue weighted by atomic mass is 14.1. The lowest BCUT2D eigenvalue weighted by molar-refractivity contribution is 0.355. The molecule has 0 aliphatic carbocycles. The zero-order valence-corrected chi connectivity index (χ0v) is 10.6. The molecule has 0 N–H and O–H groups in total. The standard InChI is InChI=1S/C15H24/c1-5-13(3)14(4)9-10-15-8-6-7-12(2)11-15/h6-8,11,13-14H,5,9-10H2,1-4H3. The Kier molecular flexibility index (Phi) is 4.87. The highest BCUT2D eigenvalue weighted by molar-refractivity contribution is 5.22. The Morgan fingerprint density at radius 3 is 2.47 bits per heavy atom. The van der Waals surface area contributed by atoms with E-state index in [-0.39, 0.29) is 0 Å². The van der Waals surface area contributed by atoms with E-state index in [9.17, 15) is 0 Å². The average Bonchev–Trinajstić information content (AvgIpc) is 2.25. The van der Waals surface area contributed by atoms with Gasteiger partial charge in [-0.25, -0.2) is 0 Å². The first-order chi connectivity index (χ1) is 7.13. The summed E-state index contributed by atoms with van der Waals surface area (Å²) in [5.74, 6) is 1.70. The summed E-state index contributed by atoms with van der Waals surface area (Å²) in [5.41, 5.74) is 2.87. The third-order valence-electron chi connectivity index (χ3n) is 3.59. The second-order valence-electron chi connectivity index (χ2n) is 4.89. The van der Waals surface area contributed by atoms with Crippen molar-refractivity contribution in [2.45, 2.75) is 47.0 Å². The van der Waals surface area contributed by atoms with E-state index in [0.717, 1.165) is 11.8 Å². The van der Waals surface area contributed by atoms with Crippen LogP contribution >= 0.6 is 0 Å². The molecule has 0 nitrogen and oxygen atoms in total. The summed E-state index contributed by atoms with van der Waals surface area (Å²) >= 11 is 0. The van der Waals surface area contributed by atoms with Gasteiger partial charge >= 0.3 is 0 Å². The molecule has 0 aromatic heterocycles. The van der Waals surface area contributed by atoms with Gasteiger partial charge in [0.15, 0.2) is 0 Å². The van der Waals surface area contributed by atoms with Crippen LogP contribution in [0.15, 0.2) is 24.3 Å². The van der Waals surface area contributed by atoms with Crippen LogP contribution in [0.1, 0.15) is 44.7 Å². The molecule has 1 rings (SSSR count). The largest absolute Gasteiger partial charge is 0.0651 e. The quantitative estimate of drug-likeness (QED) is 0.657. The van der Waals surface area contributed by atoms with Crippen LogP contribution in [-0.2, 0) is 6.42 Å². The molecular formula is C15H24. The number of aryl methyl sites for hydroxylation is 2. The van der Waals surface area contributed by atoms with Crippen molar-refractivity contribution < 1.29 is 0 Å². The molecular weight excluding hydrogens is 180 g/mol. The fourth-order valence-electron chi connectivity index (χ4n) is 1.95. The summed E-state index contributed by atoms with van der Waals surface area (Å²) in [5, 5.41) is 0. The summed E-state index contributed by atoms with van der Waals surface area (Å²) in [6.45, 7) is 9.19. The predicted molar refractivity (Wildman–Crippen MR) is 68.1 cm³/mol. The van der Waals surface area contributed by atoms with Crippen molar-refractivity contribution in [1.82, 2.24) is 0 Å². The van der Waals surface area contributed by atoms with Crippen molar-refractivity contribution >= 4 is 0 Å². The zero-order valence-electron chi connectivity index (χ0n) is 10.6. The van der Waals surface area contributed by atoms with E-state index in [1.165, 1.54) is 30.4 Å². The average molecular weight is 204 g/mol. The maximum absolute atomic E-state index is 2.38. The van der Waals surface area contributed by atoms with Gasteiger partial charge in [-0.1, -0.05) is 57.0 Å². The summed E-state index contributed by atoms with van der Waals surface area (Å²) in [7, 11) is 0. The molecule has 0 aliphatic rings. The Morgan fingerprint density at radius 1 is 1.13 bits per heavy atom. The van der Waals surface area contributed by atoms with Gasteiger partial charge in [-0.3, -0.25) is 0 Å². The van der Waals surface area contributed by atoms with Crippen molar-refractivity contribution in [3.8, 4) is 0 Å². The van der Waals surface area contributed by atoms with Gasteiger partial charge in [0, 0.05) is 0 Å². The zero-order chi connectivity index (χ0) is 11.3. The van der Waals surface area contributed by atoms with Gasteiger partial charge < -0.3 is 0 Å². The van der Waals surface area contributed by atoms with E-state index in [0.29, 0.717) is 0 Å². The molecule has 0 saturated carbocycles. The number of hydrogen-bond donors (Lipinski definition) is 0. The fraction of sp³-hybridized carbons (Fsp3) is 0.600. The van der Waals surface area contributed by atoms with Crippen LogP contribution in [0, 0.1) is 18.8 Å². The van der Waals surface area contributed by atoms with Crippen LogP contribution < -0.4 is 0 Å². The fourth-order valence-corrected chi connectivity index (χ4v) is 1.95. The Hall–Kier alpha value is -0.780. The van der Waals surface area contributed by atoms with Crippen molar-refractivity contribution in [3.05, 3.63) is 35.4 Å². The Bertz CT molecular complexity index is 288. The molecule has 0 amide bonds. The minimum atomic E-state index is 0.843. The lowest BCUT2D eigenvalue weighted by Gasteiger charge is -2.18. The molecule has 0 heteroatoms. The van der Waals surface area contributed by atoms with E-state index < -0.39 is 0 Å². The SMILES string of the molecule is CCC(C)C(C)CCc1cccc(C)c1. The summed E-state index contributed by atoms with van der Waals surface area (Å²) in [4.78, 5) is 0. The molecule has 1 aromatic carbocycles. The topological polar surface area (TPSA) is 0 Å². The Balaban J connectivity index is 2.43. The van der Waals surface area contributed by atoms with Crippen LogP contribution in [0.4, 0.5) is 0 Å². The molecule has 0 bridgehead atoms. The maximum atomic E-state index is 2.38. The first-order valence-corrected chi connectivity index (χ1v) is 6.19. The van der Waals surface area contributed by atoms with Crippen LogP contribution in [0.2, 0.25) is 0 Å². The van der Waals surface area contributed by atoms with Gasteiger partial charge in [0.1, 0.15) is 0 Å². The lowest BCUT2D eigenvalue weighted by atomic mass is 9.88. The molecule has 0 radical (unpaired) electrons. The third kappa shape index (κ3) is 4.07. The van der Waals surface area contributed by atoms with Gasteiger partial charge in [-0.15, -0.1) is 0 Å². The second-order valence-corrected chi connectivity index (χ2v) is 4.89. The molecule has 0 spiro atoms. The van der Waals surface area contributed by atoms with Crippen LogP contribution in [0.5, 0.6) is 0 Å². The van der Waals surface area contributed by atoms with Crippen molar-refractivity contribution in [2.75, 3.05) is 0 Å². The normalized spacial score (nSPS) is 14.9. The summed E-state index contributed by atoms with van der Waals surface area (Å²) < 4.78 is 0. The molecule has 0 aliphatic heterocycles. The molecule has 2 unspecified atom stereocenters. The maximum Gasteiger partial charge on any atom is -0.0276 e. The molecule has 84 valence electrons. The van der Waals surface area contributed by atoms with Gasteiger partial charge in [0.05, 0.1) is 0 Å². The van der Waals surface area contributed by atoms with Crippen LogP contribution in [-0.4, -0.2) is 0 Å². The smallest absolute Gasteiger partial charge is 0.0276 e. The predicted octanol–water partition coefficient (Wildman–Crippen LogP) is 4.61. The summed E-state index contributed by atoms with van der Waals surface area (Å²) in [6, 6.07) is 8.89. The van der Waals surface area contributed by atoms with E-state index in [1.807, 2.05) is 0 Å². The first-order valence-electron chi connectivity index (χ1n) is 6.19. The van der Waals surface area contributed by atoms with E-state index in [4.69, 9.17) is 0 Å². The van der Waals surface area contributed by atoms with E-state index in [2.05, 4.69) is 52.0 Å². The van der Waals surface area contributed by atoms with Crippen LogP contribution in [0.25, 0.3) is 0 Å². The monoisotopic (exact) mass is 204 g/mol. The molecule has 1 aromatic rings. The Morgan fingerprint density at radius 2 is 1.87 bits per heavy atom. The van der Waals surface area contributed by atoms with E-state index >= 15 is 0 Å². The number of rotatable bonds is 5. The van der Waals surface area contributed by atoms with Gasteiger partial charge in [-0.2, -0.15) is 0 Å². The van der Waals surface area contributed by atoms with Crippen molar-refractivity contribution in [1.29, 1.82) is 0 Å². The van der Waals surface area contributed by atoms with Gasteiger partial charge in [-0.05, 0) is 37.2 Å². The molecule has 0 saturated heterocycles. The number of hydrogen-bond acceptors (Lipinski definition) is 0. The molecule has 15 heavy (non-hydrogen) atoms. The lowest BCUT2D eigenvalue weighted by Crippen LogP contribution is -2.07. The number of benzene rings is 1. The molecule has 0 fully saturated rings. The third-order valence-corrected chi connectivity index (χ3v) is 3.59. The van der Waals surface area contributed by atoms with Crippen LogP contribution in [0.3, 0.4) is 0 Å². The molecule has 2 atom stereocenters. The highest BCUT2D eigenvalue weighted by Gasteiger charge is 2.09. The van der Waals surface area contributed by atoms with Gasteiger partial charge in [0.25, 0.3) is 0 Å². The molecule has 0 heterocycles. The van der Waals surface area contributed by atoms with Crippen molar-refractivity contribution in [2.24, 2.45) is 11.8 Å². The van der Waals surface area contributed by atoms with Gasteiger partial charge in [0.2, 0.25) is 0 Å².